The van der Waals surface area contributed by atoms with Crippen LogP contribution in [0.25, 0.3) is 6.08 Å². The Labute approximate surface area is 224 Å². The molecule has 34 heavy (non-hydrogen) atoms. The van der Waals surface area contributed by atoms with E-state index in [-0.39, 0.29) is 17.4 Å². The molecule has 0 atom stereocenters. The number of hydrogen-bond acceptors (Lipinski definition) is 6. The number of ether oxygens (including phenoxy) is 2. The number of thioether (sulfide) groups is 1. The summed E-state index contributed by atoms with van der Waals surface area (Å²) < 4.78 is 12.0. The molecule has 178 valence electrons. The van der Waals surface area contributed by atoms with Gasteiger partial charge in [0.2, 0.25) is 5.91 Å². The lowest BCUT2D eigenvalue weighted by Gasteiger charge is -2.28. The molecule has 0 unspecified atom stereocenters. The zero-order valence-electron chi connectivity index (χ0n) is 17.8. The van der Waals surface area contributed by atoms with Crippen LogP contribution in [0.2, 0.25) is 10.0 Å². The summed E-state index contributed by atoms with van der Waals surface area (Å²) in [7, 11) is 0. The van der Waals surface area contributed by atoms with E-state index in [0.717, 1.165) is 31.4 Å². The third-order valence-electron chi connectivity index (χ3n) is 5.16. The number of halogens is 3. The number of imide groups is 1. The molecule has 2 saturated heterocycles. The summed E-state index contributed by atoms with van der Waals surface area (Å²) in [4.78, 5) is 40.5. The highest BCUT2D eigenvalue weighted by molar-refractivity contribution is 14.1. The molecule has 2 heterocycles. The van der Waals surface area contributed by atoms with Crippen molar-refractivity contribution in [3.8, 4) is 5.75 Å². The van der Waals surface area contributed by atoms with Crippen LogP contribution < -0.4 is 4.74 Å². The van der Waals surface area contributed by atoms with Gasteiger partial charge in [-0.3, -0.25) is 19.3 Å². The second kappa shape index (κ2) is 11.3. The Balaban J connectivity index is 1.40. The number of hydrogen-bond donors (Lipinski definition) is 0. The summed E-state index contributed by atoms with van der Waals surface area (Å²) in [6.07, 6.45) is 1.65. The molecule has 4 rings (SSSR count). The van der Waals surface area contributed by atoms with Crippen LogP contribution in [0.3, 0.4) is 0 Å². The van der Waals surface area contributed by atoms with Crippen molar-refractivity contribution in [2.24, 2.45) is 0 Å². The molecule has 0 bridgehead atoms. The first kappa shape index (κ1) is 25.3. The van der Waals surface area contributed by atoms with Gasteiger partial charge >= 0.3 is 0 Å². The summed E-state index contributed by atoms with van der Waals surface area (Å²) in [5.41, 5.74) is 1.63. The van der Waals surface area contributed by atoms with Crippen LogP contribution in [0.1, 0.15) is 11.1 Å². The lowest BCUT2D eigenvalue weighted by Crippen LogP contribution is -2.46. The van der Waals surface area contributed by atoms with Crippen LogP contribution in [0.5, 0.6) is 5.75 Å². The summed E-state index contributed by atoms with van der Waals surface area (Å²) >= 11 is 15.0. The van der Waals surface area contributed by atoms with Crippen molar-refractivity contribution in [1.29, 1.82) is 0 Å². The SMILES string of the molecule is O=C(CN1C(=O)S/C(=C/c2ccc(OCc3ccc(Cl)c(Cl)c3)c(I)c2)C1=O)N1CCOCC1. The Bertz CT molecular complexity index is 1170. The predicted octanol–water partition coefficient (Wildman–Crippen LogP) is 5.07. The molecule has 7 nitrogen and oxygen atoms in total. The monoisotopic (exact) mass is 632 g/mol. The van der Waals surface area contributed by atoms with Crippen molar-refractivity contribution in [1.82, 2.24) is 9.80 Å². The van der Waals surface area contributed by atoms with Crippen LogP contribution in [-0.2, 0) is 20.9 Å². The highest BCUT2D eigenvalue weighted by atomic mass is 127. The predicted molar refractivity (Wildman–Crippen MR) is 140 cm³/mol. The molecule has 2 fully saturated rings. The van der Waals surface area contributed by atoms with Crippen molar-refractivity contribution in [2.75, 3.05) is 32.8 Å². The van der Waals surface area contributed by atoms with Gasteiger partial charge in [0.15, 0.2) is 0 Å². The fourth-order valence-electron chi connectivity index (χ4n) is 3.35. The van der Waals surface area contributed by atoms with E-state index >= 15 is 0 Å². The van der Waals surface area contributed by atoms with E-state index in [1.165, 1.54) is 0 Å². The van der Waals surface area contributed by atoms with Gasteiger partial charge in [-0.05, 0) is 75.8 Å². The number of amides is 3. The fraction of sp³-hybridized carbons (Fsp3) is 0.261. The Kier molecular flexibility index (Phi) is 8.41. The Morgan fingerprint density at radius 1 is 1.12 bits per heavy atom. The molecular weight excluding hydrogens is 614 g/mol. The number of rotatable bonds is 6. The van der Waals surface area contributed by atoms with E-state index in [0.29, 0.717) is 48.7 Å². The fourth-order valence-corrected chi connectivity index (χ4v) is 5.20. The van der Waals surface area contributed by atoms with Crippen LogP contribution in [-0.4, -0.2) is 59.7 Å². The molecule has 3 amide bonds. The standard InChI is InChI=1S/C23H19Cl2IN2O5S/c24-16-3-1-15(9-17(16)25)13-33-19-4-2-14(10-18(19)26)11-20-22(30)28(23(31)34-20)12-21(29)27-5-7-32-8-6-27/h1-4,9-11H,5-8,12-13H2/b20-11+. The van der Waals surface area contributed by atoms with E-state index in [4.69, 9.17) is 32.7 Å². The first-order valence-corrected chi connectivity index (χ1v) is 12.9. The molecule has 0 N–H and O–H groups in total. The molecule has 2 aliphatic rings. The van der Waals surface area contributed by atoms with Crippen molar-refractivity contribution >= 4 is 80.7 Å². The van der Waals surface area contributed by atoms with Crippen molar-refractivity contribution in [2.45, 2.75) is 6.61 Å². The minimum Gasteiger partial charge on any atom is -0.488 e. The molecule has 0 spiro atoms. The normalized spacial score (nSPS) is 17.6. The Morgan fingerprint density at radius 2 is 1.88 bits per heavy atom. The molecule has 2 aromatic carbocycles. The second-order valence-electron chi connectivity index (χ2n) is 7.49. The van der Waals surface area contributed by atoms with E-state index in [1.54, 1.807) is 35.2 Å². The number of carbonyl (C=O) groups is 3. The summed E-state index contributed by atoms with van der Waals surface area (Å²) in [6, 6.07) is 10.8. The lowest BCUT2D eigenvalue weighted by molar-refractivity contribution is -0.139. The smallest absolute Gasteiger partial charge is 0.294 e. The molecule has 11 heteroatoms. The maximum atomic E-state index is 12.8. The number of carbonyl (C=O) groups excluding carboxylic acids is 3. The average Bonchev–Trinajstić information content (AvgIpc) is 3.08. The zero-order valence-corrected chi connectivity index (χ0v) is 22.2. The van der Waals surface area contributed by atoms with Crippen LogP contribution in [0.15, 0.2) is 41.3 Å². The molecule has 0 saturated carbocycles. The van der Waals surface area contributed by atoms with E-state index < -0.39 is 11.1 Å². The number of morpholine rings is 1. The van der Waals surface area contributed by atoms with E-state index in [9.17, 15) is 14.4 Å². The van der Waals surface area contributed by atoms with Gasteiger partial charge in [0, 0.05) is 13.1 Å². The molecular formula is C23H19Cl2IN2O5S. The van der Waals surface area contributed by atoms with Gasteiger partial charge in [0.1, 0.15) is 18.9 Å². The minimum atomic E-state index is -0.466. The number of nitrogens with zero attached hydrogens (tertiary/aromatic N) is 2. The van der Waals surface area contributed by atoms with E-state index in [2.05, 4.69) is 22.6 Å². The zero-order chi connectivity index (χ0) is 24.2. The Hall–Kier alpha value is -1.79. The lowest BCUT2D eigenvalue weighted by atomic mass is 10.2. The van der Waals surface area contributed by atoms with Gasteiger partial charge < -0.3 is 14.4 Å². The minimum absolute atomic E-state index is 0.259. The van der Waals surface area contributed by atoms with Gasteiger partial charge in [0.05, 0.1) is 31.7 Å². The third kappa shape index (κ3) is 6.06. The van der Waals surface area contributed by atoms with Crippen molar-refractivity contribution < 1.29 is 23.9 Å². The van der Waals surface area contributed by atoms with Gasteiger partial charge in [-0.15, -0.1) is 0 Å². The maximum absolute atomic E-state index is 12.8. The highest BCUT2D eigenvalue weighted by Crippen LogP contribution is 2.33. The first-order valence-electron chi connectivity index (χ1n) is 10.3. The largest absolute Gasteiger partial charge is 0.488 e. The molecule has 2 aliphatic heterocycles. The molecule has 0 aromatic heterocycles. The average molecular weight is 633 g/mol. The second-order valence-corrected chi connectivity index (χ2v) is 10.5. The van der Waals surface area contributed by atoms with Gasteiger partial charge in [-0.1, -0.05) is 35.3 Å². The summed E-state index contributed by atoms with van der Waals surface area (Å²) in [6.45, 7) is 1.90. The maximum Gasteiger partial charge on any atom is 0.294 e. The number of benzene rings is 2. The van der Waals surface area contributed by atoms with Crippen LogP contribution in [0.4, 0.5) is 4.79 Å². The Morgan fingerprint density at radius 3 is 2.59 bits per heavy atom. The van der Waals surface area contributed by atoms with Gasteiger partial charge in [-0.25, -0.2) is 0 Å². The molecule has 0 aliphatic carbocycles. The molecule has 2 aromatic rings. The van der Waals surface area contributed by atoms with Crippen LogP contribution in [0, 0.1) is 3.57 Å². The van der Waals surface area contributed by atoms with Gasteiger partial charge in [-0.2, -0.15) is 0 Å². The van der Waals surface area contributed by atoms with E-state index in [1.807, 2.05) is 12.1 Å². The quantitative estimate of drug-likeness (QED) is 0.327. The van der Waals surface area contributed by atoms with Crippen molar-refractivity contribution in [3.63, 3.8) is 0 Å². The molecule has 0 radical (unpaired) electrons. The highest BCUT2D eigenvalue weighted by Gasteiger charge is 2.37. The van der Waals surface area contributed by atoms with Crippen molar-refractivity contribution in [3.05, 3.63) is 66.0 Å². The summed E-state index contributed by atoms with van der Waals surface area (Å²) in [5.74, 6) is -0.0514. The third-order valence-corrected chi connectivity index (χ3v) is 7.65. The summed E-state index contributed by atoms with van der Waals surface area (Å²) in [5, 5.41) is 0.502. The topological polar surface area (TPSA) is 76.2 Å². The van der Waals surface area contributed by atoms with Gasteiger partial charge in [0.25, 0.3) is 11.1 Å². The van der Waals surface area contributed by atoms with Crippen LogP contribution >= 0.6 is 57.6 Å². The first-order chi connectivity index (χ1) is 16.3.